The largest absolute Gasteiger partial charge is 0.497 e. The van der Waals surface area contributed by atoms with E-state index in [1.807, 2.05) is 84.9 Å². The minimum Gasteiger partial charge on any atom is -0.497 e. The lowest BCUT2D eigenvalue weighted by Gasteiger charge is -2.25. The van der Waals surface area contributed by atoms with Gasteiger partial charge in [-0.15, -0.1) is 0 Å². The Morgan fingerprint density at radius 3 is 2.00 bits per heavy atom. The van der Waals surface area contributed by atoms with Gasteiger partial charge in [0, 0.05) is 19.2 Å². The van der Waals surface area contributed by atoms with Crippen LogP contribution in [0.1, 0.15) is 36.5 Å². The summed E-state index contributed by atoms with van der Waals surface area (Å²) in [7, 11) is 3.32. The third-order valence-corrected chi connectivity index (χ3v) is 7.02. The second-order valence-electron chi connectivity index (χ2n) is 9.93. The number of nitrogens with zero attached hydrogens (tertiary/aromatic N) is 3. The number of fused-ring (bicyclic) bond motifs is 1. The van der Waals surface area contributed by atoms with Gasteiger partial charge in [-0.2, -0.15) is 4.98 Å². The normalized spacial score (nSPS) is 11.0. The molecule has 8 nitrogen and oxygen atoms in total. The van der Waals surface area contributed by atoms with Crippen LogP contribution in [0.25, 0.3) is 11.0 Å². The Kier molecular flexibility index (Phi) is 8.89. The van der Waals surface area contributed by atoms with Crippen LogP contribution >= 0.6 is 0 Å². The van der Waals surface area contributed by atoms with E-state index in [0.717, 1.165) is 46.5 Å². The first kappa shape index (κ1) is 27.8. The number of hydrogen-bond donors (Lipinski definition) is 1. The predicted molar refractivity (Wildman–Crippen MR) is 162 cm³/mol. The van der Waals surface area contributed by atoms with Crippen molar-refractivity contribution in [2.45, 2.75) is 39.4 Å². The lowest BCUT2D eigenvalue weighted by atomic mass is 10.1. The van der Waals surface area contributed by atoms with Gasteiger partial charge in [0.1, 0.15) is 17.0 Å². The molecule has 212 valence electrons. The van der Waals surface area contributed by atoms with Crippen molar-refractivity contribution in [2.75, 3.05) is 25.7 Å². The third-order valence-electron chi connectivity index (χ3n) is 7.02. The molecule has 8 heteroatoms. The number of aromatic amines is 1. The van der Waals surface area contributed by atoms with Gasteiger partial charge in [0.05, 0.1) is 32.9 Å². The maximum absolute atomic E-state index is 13.3. The quantitative estimate of drug-likeness (QED) is 0.176. The molecule has 5 aromatic rings. The highest BCUT2D eigenvalue weighted by atomic mass is 16.5. The molecule has 0 amide bonds. The number of hydrogen-bond acceptors (Lipinski definition) is 6. The van der Waals surface area contributed by atoms with Crippen molar-refractivity contribution in [1.82, 2.24) is 14.5 Å². The molecular weight excluding hydrogens is 516 g/mol. The zero-order valence-corrected chi connectivity index (χ0v) is 23.8. The van der Waals surface area contributed by atoms with Crippen molar-refractivity contribution in [3.05, 3.63) is 112 Å². The van der Waals surface area contributed by atoms with E-state index in [2.05, 4.69) is 16.8 Å². The highest BCUT2D eigenvalue weighted by molar-refractivity contribution is 5.87. The van der Waals surface area contributed by atoms with E-state index in [4.69, 9.17) is 19.2 Å². The molecule has 1 N–H and O–H groups in total. The minimum absolute atomic E-state index is 0.188. The van der Waals surface area contributed by atoms with E-state index in [9.17, 15) is 4.79 Å². The number of H-pyrrole nitrogens is 1. The maximum Gasteiger partial charge on any atom is 0.326 e. The second kappa shape index (κ2) is 13.1. The number of pyridine rings is 1. The van der Waals surface area contributed by atoms with Crippen LogP contribution in [-0.4, -0.2) is 35.4 Å². The van der Waals surface area contributed by atoms with E-state index in [1.54, 1.807) is 18.8 Å². The van der Waals surface area contributed by atoms with Crippen LogP contribution in [0, 0.1) is 0 Å². The smallest absolute Gasteiger partial charge is 0.326 e. The Morgan fingerprint density at radius 1 is 0.829 bits per heavy atom. The van der Waals surface area contributed by atoms with E-state index < -0.39 is 0 Å². The van der Waals surface area contributed by atoms with Gasteiger partial charge in [-0.1, -0.05) is 67.9 Å². The zero-order chi connectivity index (χ0) is 28.6. The molecule has 0 saturated heterocycles. The van der Waals surface area contributed by atoms with Gasteiger partial charge >= 0.3 is 5.69 Å². The van der Waals surface area contributed by atoms with Gasteiger partial charge in [-0.25, -0.2) is 4.79 Å². The van der Waals surface area contributed by atoms with Crippen LogP contribution in [-0.2, 0) is 19.6 Å². The predicted octanol–water partition coefficient (Wildman–Crippen LogP) is 6.18. The summed E-state index contributed by atoms with van der Waals surface area (Å²) in [6, 6.07) is 27.8. The van der Waals surface area contributed by atoms with Crippen LogP contribution in [0.5, 0.6) is 17.4 Å². The number of anilines is 1. The molecular formula is C33H36N4O4. The topological polar surface area (TPSA) is 81.6 Å². The average molecular weight is 553 g/mol. The lowest BCUT2D eigenvalue weighted by Crippen LogP contribution is -2.24. The van der Waals surface area contributed by atoms with Gasteiger partial charge in [0.15, 0.2) is 5.82 Å². The molecule has 2 aromatic heterocycles. The number of benzene rings is 3. The van der Waals surface area contributed by atoms with Crippen LogP contribution in [0.2, 0.25) is 0 Å². The summed E-state index contributed by atoms with van der Waals surface area (Å²) in [6.45, 7) is 4.23. The molecule has 2 heterocycles. The first-order chi connectivity index (χ1) is 20.1. The van der Waals surface area contributed by atoms with Crippen LogP contribution in [0.15, 0.2) is 89.7 Å². The molecule has 0 atom stereocenters. The summed E-state index contributed by atoms with van der Waals surface area (Å²) in [5.41, 5.74) is 4.44. The van der Waals surface area contributed by atoms with E-state index in [1.165, 1.54) is 0 Å². The van der Waals surface area contributed by atoms with Gasteiger partial charge in [-0.05, 0) is 47.4 Å². The minimum atomic E-state index is -0.188. The second-order valence-corrected chi connectivity index (χ2v) is 9.93. The monoisotopic (exact) mass is 552 g/mol. The highest BCUT2D eigenvalue weighted by Crippen LogP contribution is 2.30. The maximum atomic E-state index is 13.3. The molecule has 0 unspecified atom stereocenters. The summed E-state index contributed by atoms with van der Waals surface area (Å²) >= 11 is 0. The van der Waals surface area contributed by atoms with Crippen molar-refractivity contribution in [1.29, 1.82) is 0 Å². The van der Waals surface area contributed by atoms with Crippen molar-refractivity contribution < 1.29 is 14.2 Å². The Hall–Kier alpha value is -4.72. The fourth-order valence-electron chi connectivity index (χ4n) is 4.77. The van der Waals surface area contributed by atoms with Crippen molar-refractivity contribution in [2.24, 2.45) is 0 Å². The first-order valence-electron chi connectivity index (χ1n) is 13.9. The van der Waals surface area contributed by atoms with Crippen molar-refractivity contribution in [3.63, 3.8) is 0 Å². The molecule has 0 fully saturated rings. The van der Waals surface area contributed by atoms with Gasteiger partial charge in [-0.3, -0.25) is 4.57 Å². The molecule has 0 spiro atoms. The van der Waals surface area contributed by atoms with Crippen molar-refractivity contribution in [3.8, 4) is 17.4 Å². The first-order valence-corrected chi connectivity index (χ1v) is 13.9. The molecule has 5 rings (SSSR count). The van der Waals surface area contributed by atoms with Gasteiger partial charge in [0.25, 0.3) is 0 Å². The summed E-state index contributed by atoms with van der Waals surface area (Å²) < 4.78 is 18.6. The van der Waals surface area contributed by atoms with E-state index >= 15 is 0 Å². The van der Waals surface area contributed by atoms with E-state index in [0.29, 0.717) is 43.5 Å². The van der Waals surface area contributed by atoms with Crippen LogP contribution in [0.3, 0.4) is 0 Å². The summed E-state index contributed by atoms with van der Waals surface area (Å²) in [6.07, 6.45) is 1.93. The number of nitrogens with one attached hydrogen (secondary N) is 1. The summed E-state index contributed by atoms with van der Waals surface area (Å²) in [5.74, 6) is 2.75. The Balaban J connectivity index is 1.61. The summed E-state index contributed by atoms with van der Waals surface area (Å²) in [5, 5.41) is 0. The van der Waals surface area contributed by atoms with E-state index in [-0.39, 0.29) is 5.69 Å². The van der Waals surface area contributed by atoms with Crippen molar-refractivity contribution >= 4 is 16.9 Å². The number of imidazole rings is 1. The number of ether oxygens (including phenoxy) is 3. The molecule has 0 aliphatic carbocycles. The fourth-order valence-corrected chi connectivity index (χ4v) is 4.77. The number of methoxy groups -OCH3 is 2. The Morgan fingerprint density at radius 2 is 1.44 bits per heavy atom. The Bertz CT molecular complexity index is 1560. The highest BCUT2D eigenvalue weighted by Gasteiger charge is 2.20. The fraction of sp³-hybridized carbons (Fsp3) is 0.273. The third kappa shape index (κ3) is 6.72. The SMILES string of the molecule is CCCCOc1cc2c([nH]c(=O)n2Cc2ccccc2)c(N(Cc2ccc(OC)cc2)Cc2ccc(OC)cc2)n1. The zero-order valence-electron chi connectivity index (χ0n) is 23.8. The average Bonchev–Trinajstić information content (AvgIpc) is 3.32. The molecule has 0 saturated carbocycles. The van der Waals surface area contributed by atoms with Gasteiger partial charge < -0.3 is 24.1 Å². The molecule has 41 heavy (non-hydrogen) atoms. The molecule has 0 aliphatic heterocycles. The molecule has 0 bridgehead atoms. The van der Waals surface area contributed by atoms with Crippen LogP contribution in [0.4, 0.5) is 5.82 Å². The van der Waals surface area contributed by atoms with Crippen LogP contribution < -0.4 is 24.8 Å². The Labute approximate surface area is 240 Å². The standard InChI is InChI=1S/C33H36N4O4/c1-4-5-19-41-30-20-29-31(35-33(38)37(29)23-24-9-7-6-8-10-24)32(34-30)36(21-25-11-15-27(39-2)16-12-25)22-26-13-17-28(40-3)18-14-26/h6-18,20H,4-5,19,21-23H2,1-3H3,(H,35,38). The number of rotatable bonds is 13. The number of unbranched alkanes of at least 4 members (excludes halogenated alkanes) is 1. The number of aromatic nitrogens is 3. The van der Waals surface area contributed by atoms with Gasteiger partial charge in [0.2, 0.25) is 5.88 Å². The lowest BCUT2D eigenvalue weighted by molar-refractivity contribution is 0.298. The summed E-state index contributed by atoms with van der Waals surface area (Å²) in [4.78, 5) is 23.6. The molecule has 0 radical (unpaired) electrons. The molecule has 3 aromatic carbocycles. The molecule has 0 aliphatic rings.